The largest absolute Gasteiger partial charge is 0.481 e. The normalized spacial score (nSPS) is 13.8. The highest BCUT2D eigenvalue weighted by Gasteiger charge is 2.22. The van der Waals surface area contributed by atoms with Crippen LogP contribution in [0.25, 0.3) is 0 Å². The van der Waals surface area contributed by atoms with Crippen molar-refractivity contribution in [2.75, 3.05) is 0 Å². The van der Waals surface area contributed by atoms with Crippen LogP contribution in [0.3, 0.4) is 0 Å². The first-order chi connectivity index (χ1) is 7.28. The first-order valence-corrected chi connectivity index (χ1v) is 4.90. The van der Waals surface area contributed by atoms with Crippen molar-refractivity contribution in [2.45, 2.75) is 32.7 Å². The van der Waals surface area contributed by atoms with Crippen molar-refractivity contribution in [2.24, 2.45) is 5.92 Å². The molecule has 0 aliphatic carbocycles. The second-order valence-corrected chi connectivity index (χ2v) is 4.06. The minimum absolute atomic E-state index is 0.296. The van der Waals surface area contributed by atoms with Crippen LogP contribution in [0.4, 0.5) is 8.78 Å². The first-order valence-electron chi connectivity index (χ1n) is 4.90. The van der Waals surface area contributed by atoms with Gasteiger partial charge in [0.15, 0.2) is 0 Å². The number of aliphatic carboxylic acids is 1. The molecule has 1 aromatic rings. The molecule has 1 aromatic heterocycles. The number of alkyl halides is 2. The summed E-state index contributed by atoms with van der Waals surface area (Å²) in [5.41, 5.74) is 0.652. The van der Waals surface area contributed by atoms with Gasteiger partial charge in [0.2, 0.25) is 0 Å². The molecule has 90 valence electrons. The number of nitrogens with zero attached hydrogens (tertiary/aromatic N) is 2. The van der Waals surface area contributed by atoms with Crippen molar-refractivity contribution in [1.29, 1.82) is 0 Å². The molecule has 0 saturated heterocycles. The highest BCUT2D eigenvalue weighted by Crippen LogP contribution is 2.15. The predicted octanol–water partition coefficient (Wildman–Crippen LogP) is 1.80. The lowest BCUT2D eigenvalue weighted by molar-refractivity contribution is -0.141. The van der Waals surface area contributed by atoms with Crippen molar-refractivity contribution >= 4 is 5.97 Å². The number of aromatic nitrogens is 2. The van der Waals surface area contributed by atoms with Crippen molar-refractivity contribution in [3.8, 4) is 0 Å². The van der Waals surface area contributed by atoms with Crippen molar-refractivity contribution < 1.29 is 18.7 Å². The minimum Gasteiger partial charge on any atom is -0.481 e. The fourth-order valence-corrected chi connectivity index (χ4v) is 1.32. The molecule has 1 unspecified atom stereocenters. The van der Waals surface area contributed by atoms with Crippen LogP contribution in [0.2, 0.25) is 0 Å². The van der Waals surface area contributed by atoms with Gasteiger partial charge in [0.25, 0.3) is 5.92 Å². The molecule has 0 saturated carbocycles. The maximum atomic E-state index is 12.7. The van der Waals surface area contributed by atoms with Crippen LogP contribution in [0.1, 0.15) is 19.4 Å². The summed E-state index contributed by atoms with van der Waals surface area (Å²) in [7, 11) is 0. The van der Waals surface area contributed by atoms with E-state index >= 15 is 0 Å². The molecule has 0 aromatic carbocycles. The number of carboxylic acid groups (broad SMARTS) is 1. The number of halogens is 2. The molecule has 1 N–H and O–H groups in total. The lowest BCUT2D eigenvalue weighted by Crippen LogP contribution is -2.19. The van der Waals surface area contributed by atoms with E-state index in [1.54, 1.807) is 6.92 Å². The Bertz CT molecular complexity index is 371. The Morgan fingerprint density at radius 3 is 2.81 bits per heavy atom. The monoisotopic (exact) mass is 232 g/mol. The van der Waals surface area contributed by atoms with Crippen LogP contribution in [0.15, 0.2) is 12.4 Å². The number of carboxylic acids is 1. The van der Waals surface area contributed by atoms with E-state index in [1.165, 1.54) is 12.4 Å². The van der Waals surface area contributed by atoms with E-state index in [-0.39, 0.29) is 0 Å². The van der Waals surface area contributed by atoms with Gasteiger partial charge in [-0.3, -0.25) is 9.48 Å². The SMILES string of the molecule is CC(Cc1cnn(CC(C)(F)F)c1)C(=O)O. The molecule has 6 heteroatoms. The fraction of sp³-hybridized carbons (Fsp3) is 0.600. The zero-order valence-corrected chi connectivity index (χ0v) is 9.15. The summed E-state index contributed by atoms with van der Waals surface area (Å²) < 4.78 is 26.4. The third-order valence-corrected chi connectivity index (χ3v) is 2.09. The van der Waals surface area contributed by atoms with Crippen LogP contribution in [0.5, 0.6) is 0 Å². The second kappa shape index (κ2) is 4.59. The third kappa shape index (κ3) is 3.96. The average molecular weight is 232 g/mol. The summed E-state index contributed by atoms with van der Waals surface area (Å²) in [6.45, 7) is 1.89. The third-order valence-electron chi connectivity index (χ3n) is 2.09. The Labute approximate surface area is 91.9 Å². The molecule has 1 atom stereocenters. The van der Waals surface area contributed by atoms with E-state index < -0.39 is 24.4 Å². The number of hydrogen-bond acceptors (Lipinski definition) is 2. The Balaban J connectivity index is 2.62. The second-order valence-electron chi connectivity index (χ2n) is 4.06. The summed E-state index contributed by atoms with van der Waals surface area (Å²) in [5.74, 6) is -4.27. The highest BCUT2D eigenvalue weighted by molar-refractivity contribution is 5.69. The van der Waals surface area contributed by atoms with E-state index in [2.05, 4.69) is 5.10 Å². The van der Waals surface area contributed by atoms with Crippen molar-refractivity contribution in [3.63, 3.8) is 0 Å². The van der Waals surface area contributed by atoms with Gasteiger partial charge in [-0.15, -0.1) is 0 Å². The van der Waals surface area contributed by atoms with Crippen molar-refractivity contribution in [3.05, 3.63) is 18.0 Å². The Morgan fingerprint density at radius 1 is 1.69 bits per heavy atom. The van der Waals surface area contributed by atoms with Gasteiger partial charge < -0.3 is 5.11 Å². The van der Waals surface area contributed by atoms with Gasteiger partial charge in [-0.25, -0.2) is 8.78 Å². The Hall–Kier alpha value is -1.46. The molecule has 0 amide bonds. The van der Waals surface area contributed by atoms with Crippen LogP contribution in [-0.4, -0.2) is 26.8 Å². The quantitative estimate of drug-likeness (QED) is 0.842. The highest BCUT2D eigenvalue weighted by atomic mass is 19.3. The molecule has 0 aliphatic rings. The summed E-state index contributed by atoms with van der Waals surface area (Å²) in [6, 6.07) is 0. The maximum Gasteiger partial charge on any atom is 0.306 e. The molecule has 0 bridgehead atoms. The van der Waals surface area contributed by atoms with E-state index in [4.69, 9.17) is 5.11 Å². The van der Waals surface area contributed by atoms with Gasteiger partial charge in [0, 0.05) is 13.1 Å². The maximum absolute atomic E-state index is 12.7. The fourth-order valence-electron chi connectivity index (χ4n) is 1.32. The zero-order chi connectivity index (χ0) is 12.3. The van der Waals surface area contributed by atoms with E-state index in [0.717, 1.165) is 11.6 Å². The Morgan fingerprint density at radius 2 is 2.31 bits per heavy atom. The lowest BCUT2D eigenvalue weighted by Gasteiger charge is -2.09. The number of carbonyl (C=O) groups is 1. The molecule has 1 rings (SSSR count). The standard InChI is InChI=1S/C10H14F2N2O2/c1-7(9(15)16)3-8-4-13-14(5-8)6-10(2,11)12/h4-5,7H,3,6H2,1-2H3,(H,15,16). The summed E-state index contributed by atoms with van der Waals surface area (Å²) in [6.07, 6.45) is 3.17. The van der Waals surface area contributed by atoms with Gasteiger partial charge in [0.1, 0.15) is 6.54 Å². The molecule has 0 aliphatic heterocycles. The van der Waals surface area contributed by atoms with Crippen LogP contribution >= 0.6 is 0 Å². The smallest absolute Gasteiger partial charge is 0.306 e. The minimum atomic E-state index is -2.82. The number of rotatable bonds is 5. The van der Waals surface area contributed by atoms with Gasteiger partial charge in [-0.2, -0.15) is 5.10 Å². The summed E-state index contributed by atoms with van der Waals surface area (Å²) >= 11 is 0. The molecule has 4 nitrogen and oxygen atoms in total. The number of hydrogen-bond donors (Lipinski definition) is 1. The summed E-state index contributed by atoms with van der Waals surface area (Å²) in [5, 5.41) is 12.4. The first kappa shape index (κ1) is 12.6. The molecule has 16 heavy (non-hydrogen) atoms. The van der Waals surface area contributed by atoms with Gasteiger partial charge in [0.05, 0.1) is 12.1 Å². The van der Waals surface area contributed by atoms with E-state index in [1.807, 2.05) is 0 Å². The molecule has 0 radical (unpaired) electrons. The van der Waals surface area contributed by atoms with Gasteiger partial charge in [-0.1, -0.05) is 6.92 Å². The van der Waals surface area contributed by atoms with E-state index in [9.17, 15) is 13.6 Å². The van der Waals surface area contributed by atoms with Gasteiger partial charge in [-0.05, 0) is 12.0 Å². The molecular weight excluding hydrogens is 218 g/mol. The van der Waals surface area contributed by atoms with E-state index in [0.29, 0.717) is 12.0 Å². The van der Waals surface area contributed by atoms with Crippen LogP contribution in [0, 0.1) is 5.92 Å². The molecular formula is C10H14F2N2O2. The van der Waals surface area contributed by atoms with Crippen molar-refractivity contribution in [1.82, 2.24) is 9.78 Å². The molecule has 1 heterocycles. The predicted molar refractivity (Wildman–Crippen MR) is 53.4 cm³/mol. The van der Waals surface area contributed by atoms with Gasteiger partial charge >= 0.3 is 5.97 Å². The molecule has 0 fully saturated rings. The lowest BCUT2D eigenvalue weighted by atomic mass is 10.0. The zero-order valence-electron chi connectivity index (χ0n) is 9.15. The summed E-state index contributed by atoms with van der Waals surface area (Å²) in [4.78, 5) is 10.6. The van der Waals surface area contributed by atoms with Crippen LogP contribution < -0.4 is 0 Å². The average Bonchev–Trinajstić information content (AvgIpc) is 2.49. The van der Waals surface area contributed by atoms with Crippen LogP contribution in [-0.2, 0) is 17.8 Å². The Kier molecular flexibility index (Phi) is 3.62. The topological polar surface area (TPSA) is 55.1 Å². The molecule has 0 spiro atoms.